The van der Waals surface area contributed by atoms with Crippen LogP contribution in [0.25, 0.3) is 22.3 Å². The molecule has 8 nitrogen and oxygen atoms in total. The molecule has 0 spiro atoms. The standard InChI is InChI=1S/C27H31F3N6O2Si/c1-16-24-20(25(34(2)33-24)17-11-21(28)23(30)22(29)12-17)6-7-35(16)27(37)19-10-18-14-32-36(26(18)31-13-19)15-38-8-9-39(3,4)5/h10-14,16H,6-9,15H2,1-5H3. The van der Waals surface area contributed by atoms with Crippen LogP contribution in [0.5, 0.6) is 0 Å². The monoisotopic (exact) mass is 556 g/mol. The van der Waals surface area contributed by atoms with E-state index in [1.54, 1.807) is 35.1 Å². The van der Waals surface area contributed by atoms with Gasteiger partial charge in [-0.1, -0.05) is 19.6 Å². The molecular formula is C27H31F3N6O2Si. The molecule has 3 aromatic heterocycles. The number of hydrogen-bond donors (Lipinski definition) is 0. The first-order valence-corrected chi connectivity index (χ1v) is 16.6. The summed E-state index contributed by atoms with van der Waals surface area (Å²) in [6.45, 7) is 10.1. The van der Waals surface area contributed by atoms with E-state index in [0.717, 1.165) is 29.1 Å². The molecule has 1 aliphatic heterocycles. The first-order valence-electron chi connectivity index (χ1n) is 12.9. The van der Waals surface area contributed by atoms with Gasteiger partial charge in [-0.2, -0.15) is 10.2 Å². The van der Waals surface area contributed by atoms with Crippen LogP contribution in [0.4, 0.5) is 13.2 Å². The molecule has 1 aliphatic rings. The van der Waals surface area contributed by atoms with E-state index in [-0.39, 0.29) is 11.5 Å². The van der Waals surface area contributed by atoms with E-state index in [4.69, 9.17) is 4.74 Å². The Morgan fingerprint density at radius 1 is 1.13 bits per heavy atom. The molecule has 0 saturated carbocycles. The Bertz CT molecular complexity index is 1540. The zero-order valence-electron chi connectivity index (χ0n) is 22.6. The summed E-state index contributed by atoms with van der Waals surface area (Å²) in [6, 6.07) is 4.37. The van der Waals surface area contributed by atoms with Crippen LogP contribution in [0.2, 0.25) is 25.7 Å². The summed E-state index contributed by atoms with van der Waals surface area (Å²) < 4.78 is 50.4. The second kappa shape index (κ2) is 10.2. The summed E-state index contributed by atoms with van der Waals surface area (Å²) in [4.78, 5) is 19.7. The number of amides is 1. The third-order valence-electron chi connectivity index (χ3n) is 7.09. The molecule has 1 atom stereocenters. The van der Waals surface area contributed by atoms with Crippen molar-refractivity contribution in [2.75, 3.05) is 13.2 Å². The third kappa shape index (κ3) is 5.22. The lowest BCUT2D eigenvalue weighted by molar-refractivity contribution is 0.0673. The molecular weight excluding hydrogens is 525 g/mol. The second-order valence-corrected chi connectivity index (χ2v) is 16.8. The largest absolute Gasteiger partial charge is 0.359 e. The topological polar surface area (TPSA) is 78.1 Å². The van der Waals surface area contributed by atoms with Crippen LogP contribution in [0.3, 0.4) is 0 Å². The van der Waals surface area contributed by atoms with Crippen molar-refractivity contribution < 1.29 is 22.7 Å². The van der Waals surface area contributed by atoms with Crippen molar-refractivity contribution in [1.82, 2.24) is 29.4 Å². The molecule has 1 aromatic carbocycles. The number of pyridine rings is 1. The first-order chi connectivity index (χ1) is 18.4. The van der Waals surface area contributed by atoms with Crippen LogP contribution in [-0.4, -0.2) is 56.6 Å². The summed E-state index contributed by atoms with van der Waals surface area (Å²) in [5.41, 5.74) is 3.19. The summed E-state index contributed by atoms with van der Waals surface area (Å²) in [5.74, 6) is -4.23. The predicted octanol–water partition coefficient (Wildman–Crippen LogP) is 5.32. The lowest BCUT2D eigenvalue weighted by atomic mass is 9.95. The molecule has 0 radical (unpaired) electrons. The number of nitrogens with zero attached hydrogens (tertiary/aromatic N) is 6. The van der Waals surface area contributed by atoms with Gasteiger partial charge in [-0.3, -0.25) is 9.48 Å². The Morgan fingerprint density at radius 3 is 2.54 bits per heavy atom. The Kier molecular flexibility index (Phi) is 7.10. The minimum atomic E-state index is -1.51. The highest BCUT2D eigenvalue weighted by Gasteiger charge is 2.34. The van der Waals surface area contributed by atoms with E-state index < -0.39 is 31.6 Å². The van der Waals surface area contributed by atoms with Gasteiger partial charge in [0, 0.05) is 51.0 Å². The average molecular weight is 557 g/mol. The molecule has 0 fully saturated rings. The first kappa shape index (κ1) is 27.1. The third-order valence-corrected chi connectivity index (χ3v) is 8.80. The SMILES string of the molecule is CC1c2nn(C)c(-c3cc(F)c(F)c(F)c3)c2CCN1C(=O)c1cnc2c(cnn2COCC[Si](C)(C)C)c1. The number of benzene rings is 1. The van der Waals surface area contributed by atoms with Gasteiger partial charge in [0.15, 0.2) is 23.1 Å². The molecule has 0 N–H and O–H groups in total. The van der Waals surface area contributed by atoms with Gasteiger partial charge in [0.05, 0.1) is 29.2 Å². The van der Waals surface area contributed by atoms with E-state index in [2.05, 4.69) is 34.8 Å². The molecule has 0 bridgehead atoms. The lowest BCUT2D eigenvalue weighted by Gasteiger charge is -2.33. The highest BCUT2D eigenvalue weighted by Crippen LogP contribution is 2.37. The summed E-state index contributed by atoms with van der Waals surface area (Å²) in [6.07, 6.45) is 3.64. The van der Waals surface area contributed by atoms with Crippen molar-refractivity contribution in [3.63, 3.8) is 0 Å². The van der Waals surface area contributed by atoms with Gasteiger partial charge >= 0.3 is 0 Å². The van der Waals surface area contributed by atoms with Crippen LogP contribution in [0.15, 0.2) is 30.6 Å². The van der Waals surface area contributed by atoms with E-state index in [1.807, 2.05) is 6.92 Å². The maximum atomic E-state index is 13.9. The smallest absolute Gasteiger partial charge is 0.256 e. The molecule has 4 heterocycles. The minimum absolute atomic E-state index is 0.200. The van der Waals surface area contributed by atoms with Crippen LogP contribution < -0.4 is 0 Å². The highest BCUT2D eigenvalue weighted by molar-refractivity contribution is 6.76. The lowest BCUT2D eigenvalue weighted by Crippen LogP contribution is -2.39. The van der Waals surface area contributed by atoms with Crippen molar-refractivity contribution in [2.24, 2.45) is 7.05 Å². The van der Waals surface area contributed by atoms with Crippen molar-refractivity contribution in [2.45, 2.75) is 51.8 Å². The van der Waals surface area contributed by atoms with E-state index in [9.17, 15) is 18.0 Å². The number of aryl methyl sites for hydroxylation is 1. The normalized spacial score (nSPS) is 15.7. The zero-order chi connectivity index (χ0) is 28.1. The van der Waals surface area contributed by atoms with Crippen molar-refractivity contribution >= 4 is 25.0 Å². The van der Waals surface area contributed by atoms with Crippen LogP contribution in [-0.2, 0) is 24.9 Å². The Hall–Kier alpha value is -3.51. The van der Waals surface area contributed by atoms with Crippen molar-refractivity contribution in [1.29, 1.82) is 0 Å². The van der Waals surface area contributed by atoms with Gasteiger partial charge in [0.2, 0.25) is 0 Å². The zero-order valence-corrected chi connectivity index (χ0v) is 23.6. The molecule has 1 unspecified atom stereocenters. The molecule has 39 heavy (non-hydrogen) atoms. The Morgan fingerprint density at radius 2 is 1.85 bits per heavy atom. The molecule has 5 rings (SSSR count). The molecule has 206 valence electrons. The van der Waals surface area contributed by atoms with Gasteiger partial charge in [0.1, 0.15) is 6.73 Å². The fourth-order valence-electron chi connectivity index (χ4n) is 4.95. The number of fused-ring (bicyclic) bond motifs is 2. The molecule has 0 aliphatic carbocycles. The fraction of sp³-hybridized carbons (Fsp3) is 0.407. The summed E-state index contributed by atoms with van der Waals surface area (Å²) in [7, 11) is 0.477. The van der Waals surface area contributed by atoms with Gasteiger partial charge in [-0.05, 0) is 37.6 Å². The van der Waals surface area contributed by atoms with Gasteiger partial charge in [-0.15, -0.1) is 0 Å². The average Bonchev–Trinajstić information content (AvgIpc) is 3.44. The number of carbonyl (C=O) groups is 1. The molecule has 0 saturated heterocycles. The van der Waals surface area contributed by atoms with Crippen LogP contribution in [0, 0.1) is 17.5 Å². The van der Waals surface area contributed by atoms with Crippen LogP contribution >= 0.6 is 0 Å². The van der Waals surface area contributed by atoms with E-state index >= 15 is 0 Å². The van der Waals surface area contributed by atoms with Gasteiger partial charge in [-0.25, -0.2) is 22.8 Å². The fourth-order valence-corrected chi connectivity index (χ4v) is 5.71. The Labute approximate surface area is 225 Å². The summed E-state index contributed by atoms with van der Waals surface area (Å²) >= 11 is 0. The number of halogens is 3. The van der Waals surface area contributed by atoms with Crippen LogP contribution in [0.1, 0.15) is 34.6 Å². The summed E-state index contributed by atoms with van der Waals surface area (Å²) in [5, 5.41) is 9.67. The number of carbonyl (C=O) groups excluding carboxylic acids is 1. The highest BCUT2D eigenvalue weighted by atomic mass is 28.3. The molecule has 1 amide bonds. The Balaban J connectivity index is 1.35. The van der Waals surface area contributed by atoms with Crippen molar-refractivity contribution in [3.05, 3.63) is 64.9 Å². The predicted molar refractivity (Wildman–Crippen MR) is 143 cm³/mol. The molecule has 12 heteroatoms. The minimum Gasteiger partial charge on any atom is -0.359 e. The van der Waals surface area contributed by atoms with E-state index in [0.29, 0.717) is 48.9 Å². The van der Waals surface area contributed by atoms with Gasteiger partial charge in [0.25, 0.3) is 5.91 Å². The molecule has 4 aromatic rings. The number of hydrogen-bond acceptors (Lipinski definition) is 5. The van der Waals surface area contributed by atoms with Crippen molar-refractivity contribution in [3.8, 4) is 11.3 Å². The maximum Gasteiger partial charge on any atom is 0.256 e. The van der Waals surface area contributed by atoms with E-state index in [1.165, 1.54) is 4.68 Å². The quantitative estimate of drug-likeness (QED) is 0.175. The number of ether oxygens (including phenoxy) is 1. The maximum absolute atomic E-state index is 13.9. The number of aromatic nitrogens is 5. The van der Waals surface area contributed by atoms with Gasteiger partial charge < -0.3 is 9.64 Å². The second-order valence-electron chi connectivity index (χ2n) is 11.1. The number of rotatable bonds is 7.